The maximum atomic E-state index is 13.0. The van der Waals surface area contributed by atoms with E-state index in [1.54, 1.807) is 18.2 Å². The summed E-state index contributed by atoms with van der Waals surface area (Å²) in [5.41, 5.74) is 1.93. The molecule has 3 rings (SSSR count). The molecule has 0 aliphatic carbocycles. The highest BCUT2D eigenvalue weighted by molar-refractivity contribution is 6.36. The van der Waals surface area contributed by atoms with Crippen molar-refractivity contribution in [3.05, 3.63) is 64.8 Å². The predicted molar refractivity (Wildman–Crippen MR) is 107 cm³/mol. The standard InChI is InChI=1S/C21H21ClN2O3/c1-13(2)12-24-20(25)18(14-7-5-4-6-8-14)19(21(24)26)23-15-9-10-17(27-3)16(22)11-15/h4-11,13,23H,12H2,1-3H3. The number of hydrogen-bond acceptors (Lipinski definition) is 4. The average Bonchev–Trinajstić information content (AvgIpc) is 2.87. The van der Waals surface area contributed by atoms with Crippen molar-refractivity contribution in [2.75, 3.05) is 19.0 Å². The Morgan fingerprint density at radius 2 is 1.78 bits per heavy atom. The zero-order chi connectivity index (χ0) is 19.6. The molecule has 0 fully saturated rings. The third-order valence-corrected chi connectivity index (χ3v) is 4.49. The van der Waals surface area contributed by atoms with E-state index in [4.69, 9.17) is 16.3 Å². The van der Waals surface area contributed by atoms with Gasteiger partial charge in [0.25, 0.3) is 11.8 Å². The number of carbonyl (C=O) groups is 2. The van der Waals surface area contributed by atoms with Gasteiger partial charge in [0, 0.05) is 12.2 Å². The van der Waals surface area contributed by atoms with E-state index in [1.807, 2.05) is 44.2 Å². The van der Waals surface area contributed by atoms with Gasteiger partial charge in [-0.3, -0.25) is 14.5 Å². The SMILES string of the molecule is COc1ccc(NC2=C(c3ccccc3)C(=O)N(CC(C)C)C2=O)cc1Cl. The quantitative estimate of drug-likeness (QED) is 0.758. The highest BCUT2D eigenvalue weighted by Crippen LogP contribution is 2.33. The second-order valence-electron chi connectivity index (χ2n) is 6.71. The number of anilines is 1. The smallest absolute Gasteiger partial charge is 0.278 e. The molecule has 27 heavy (non-hydrogen) atoms. The molecule has 0 radical (unpaired) electrons. The van der Waals surface area contributed by atoms with Crippen molar-refractivity contribution in [2.45, 2.75) is 13.8 Å². The van der Waals surface area contributed by atoms with Crippen LogP contribution in [0.4, 0.5) is 5.69 Å². The second-order valence-corrected chi connectivity index (χ2v) is 7.11. The molecule has 0 bridgehead atoms. The summed E-state index contributed by atoms with van der Waals surface area (Å²) in [6.07, 6.45) is 0. The van der Waals surface area contributed by atoms with E-state index in [2.05, 4.69) is 5.32 Å². The summed E-state index contributed by atoms with van der Waals surface area (Å²) < 4.78 is 5.16. The summed E-state index contributed by atoms with van der Waals surface area (Å²) >= 11 is 6.19. The number of imide groups is 1. The van der Waals surface area contributed by atoms with Crippen molar-refractivity contribution in [3.63, 3.8) is 0 Å². The van der Waals surface area contributed by atoms with E-state index in [9.17, 15) is 9.59 Å². The highest BCUT2D eigenvalue weighted by atomic mass is 35.5. The van der Waals surface area contributed by atoms with Crippen LogP contribution in [0.25, 0.3) is 5.57 Å². The average molecular weight is 385 g/mol. The molecule has 1 N–H and O–H groups in total. The normalized spacial score (nSPS) is 14.3. The van der Waals surface area contributed by atoms with Gasteiger partial charge in [-0.15, -0.1) is 0 Å². The molecule has 1 aliphatic rings. The number of ether oxygens (including phenoxy) is 1. The fourth-order valence-corrected chi connectivity index (χ4v) is 3.24. The number of halogens is 1. The van der Waals surface area contributed by atoms with E-state index in [1.165, 1.54) is 12.0 Å². The molecule has 0 saturated carbocycles. The number of carbonyl (C=O) groups excluding carboxylic acids is 2. The lowest BCUT2D eigenvalue weighted by Crippen LogP contribution is -2.35. The Balaban J connectivity index is 2.03. The topological polar surface area (TPSA) is 58.6 Å². The summed E-state index contributed by atoms with van der Waals surface area (Å²) in [5, 5.41) is 3.51. The molecule has 0 saturated heterocycles. The van der Waals surface area contributed by atoms with Gasteiger partial charge in [-0.05, 0) is 29.7 Å². The Labute approximate surface area is 163 Å². The minimum Gasteiger partial charge on any atom is -0.495 e. The van der Waals surface area contributed by atoms with E-state index in [0.29, 0.717) is 34.1 Å². The van der Waals surface area contributed by atoms with Gasteiger partial charge >= 0.3 is 0 Å². The molecule has 6 heteroatoms. The van der Waals surface area contributed by atoms with Crippen molar-refractivity contribution >= 4 is 34.7 Å². The minimum atomic E-state index is -0.334. The van der Waals surface area contributed by atoms with E-state index < -0.39 is 0 Å². The first-order valence-electron chi connectivity index (χ1n) is 8.68. The van der Waals surface area contributed by atoms with Crippen LogP contribution >= 0.6 is 11.6 Å². The van der Waals surface area contributed by atoms with Gasteiger partial charge in [0.1, 0.15) is 11.4 Å². The van der Waals surface area contributed by atoms with Crippen molar-refractivity contribution in [3.8, 4) is 5.75 Å². The lowest BCUT2D eigenvalue weighted by Gasteiger charge is -2.17. The monoisotopic (exact) mass is 384 g/mol. The molecule has 1 aliphatic heterocycles. The second kappa shape index (κ2) is 7.84. The lowest BCUT2D eigenvalue weighted by molar-refractivity contribution is -0.137. The number of hydrogen-bond donors (Lipinski definition) is 1. The number of nitrogens with one attached hydrogen (secondary N) is 1. The Hall–Kier alpha value is -2.79. The van der Waals surface area contributed by atoms with Crippen LogP contribution in [0.5, 0.6) is 5.75 Å². The first kappa shape index (κ1) is 19.0. The van der Waals surface area contributed by atoms with Crippen LogP contribution < -0.4 is 10.1 Å². The van der Waals surface area contributed by atoms with Gasteiger partial charge < -0.3 is 10.1 Å². The molecular weight excluding hydrogens is 364 g/mol. The number of benzene rings is 2. The van der Waals surface area contributed by atoms with Gasteiger partial charge in [0.2, 0.25) is 0 Å². The van der Waals surface area contributed by atoms with Crippen LogP contribution in [0.15, 0.2) is 54.2 Å². The molecular formula is C21H21ClN2O3. The van der Waals surface area contributed by atoms with Crippen molar-refractivity contribution in [2.24, 2.45) is 5.92 Å². The van der Waals surface area contributed by atoms with Gasteiger partial charge in [-0.1, -0.05) is 55.8 Å². The first-order valence-corrected chi connectivity index (χ1v) is 9.06. The predicted octanol–water partition coefficient (Wildman–Crippen LogP) is 4.20. The van der Waals surface area contributed by atoms with Gasteiger partial charge in [0.15, 0.2) is 0 Å². The first-order chi connectivity index (χ1) is 12.9. The maximum absolute atomic E-state index is 13.0. The zero-order valence-corrected chi connectivity index (χ0v) is 16.2. The summed E-state index contributed by atoms with van der Waals surface area (Å²) in [6, 6.07) is 14.3. The fraction of sp³-hybridized carbons (Fsp3) is 0.238. The zero-order valence-electron chi connectivity index (χ0n) is 15.5. The molecule has 2 aromatic rings. The molecule has 0 spiro atoms. The summed E-state index contributed by atoms with van der Waals surface area (Å²) in [7, 11) is 1.54. The van der Waals surface area contributed by atoms with Crippen LogP contribution in [0.1, 0.15) is 19.4 Å². The Bertz CT molecular complexity index is 907. The van der Waals surface area contributed by atoms with Gasteiger partial charge in [-0.25, -0.2) is 0 Å². The maximum Gasteiger partial charge on any atom is 0.278 e. The molecule has 5 nitrogen and oxygen atoms in total. The molecule has 0 atom stereocenters. The van der Waals surface area contributed by atoms with Gasteiger partial charge in [-0.2, -0.15) is 0 Å². The molecule has 0 unspecified atom stereocenters. The number of methoxy groups -OCH3 is 1. The van der Waals surface area contributed by atoms with Crippen LogP contribution in [0, 0.1) is 5.92 Å². The van der Waals surface area contributed by atoms with Crippen molar-refractivity contribution in [1.29, 1.82) is 0 Å². The fourth-order valence-electron chi connectivity index (χ4n) is 2.98. The van der Waals surface area contributed by atoms with Crippen molar-refractivity contribution in [1.82, 2.24) is 4.90 Å². The molecule has 2 amide bonds. The number of amides is 2. The molecule has 140 valence electrons. The Kier molecular flexibility index (Phi) is 5.51. The van der Waals surface area contributed by atoms with Crippen molar-refractivity contribution < 1.29 is 14.3 Å². The molecule has 2 aromatic carbocycles. The number of nitrogens with zero attached hydrogens (tertiary/aromatic N) is 1. The van der Waals surface area contributed by atoms with Gasteiger partial charge in [0.05, 0.1) is 17.7 Å². The Morgan fingerprint density at radius 1 is 1.07 bits per heavy atom. The Morgan fingerprint density at radius 3 is 2.37 bits per heavy atom. The van der Waals surface area contributed by atoms with Crippen LogP contribution in [-0.2, 0) is 9.59 Å². The largest absolute Gasteiger partial charge is 0.495 e. The highest BCUT2D eigenvalue weighted by Gasteiger charge is 2.39. The van der Waals surface area contributed by atoms with Crippen LogP contribution in [0.3, 0.4) is 0 Å². The molecule has 0 aromatic heterocycles. The van der Waals surface area contributed by atoms with E-state index in [0.717, 1.165) is 0 Å². The lowest BCUT2D eigenvalue weighted by atomic mass is 10.0. The summed E-state index contributed by atoms with van der Waals surface area (Å²) in [5.74, 6) is 0.0842. The third-order valence-electron chi connectivity index (χ3n) is 4.20. The van der Waals surface area contributed by atoms with Crippen LogP contribution in [-0.4, -0.2) is 30.4 Å². The van der Waals surface area contributed by atoms with E-state index >= 15 is 0 Å². The minimum absolute atomic E-state index is 0.171. The van der Waals surface area contributed by atoms with Crippen LogP contribution in [0.2, 0.25) is 5.02 Å². The summed E-state index contributed by atoms with van der Waals surface area (Å²) in [6.45, 7) is 4.30. The van der Waals surface area contributed by atoms with E-state index in [-0.39, 0.29) is 23.4 Å². The third kappa shape index (κ3) is 3.83. The number of rotatable bonds is 6. The summed E-state index contributed by atoms with van der Waals surface area (Å²) in [4.78, 5) is 27.2. The molecule has 1 heterocycles.